The van der Waals surface area contributed by atoms with Crippen LogP contribution in [-0.2, 0) is 11.2 Å². The molecule has 1 aromatic carbocycles. The van der Waals surface area contributed by atoms with Crippen molar-refractivity contribution < 1.29 is 14.5 Å². The van der Waals surface area contributed by atoms with Gasteiger partial charge in [-0.1, -0.05) is 12.1 Å². The van der Waals surface area contributed by atoms with E-state index in [1.165, 1.54) is 0 Å². The highest BCUT2D eigenvalue weighted by Crippen LogP contribution is 2.15. The van der Waals surface area contributed by atoms with Gasteiger partial charge in [0.05, 0.1) is 0 Å². The molecular formula is C9H11NO3S. The molecular weight excluding hydrogens is 202 g/mol. The highest BCUT2D eigenvalue weighted by atomic mass is 32.2. The van der Waals surface area contributed by atoms with E-state index in [4.69, 9.17) is 15.4 Å². The number of carboxylic acids is 1. The molecule has 0 heterocycles. The number of carbonyl (C=O) groups is 1. The van der Waals surface area contributed by atoms with Gasteiger partial charge in [-0.2, -0.15) is 0 Å². The van der Waals surface area contributed by atoms with Crippen LogP contribution in [0, 0.1) is 0 Å². The van der Waals surface area contributed by atoms with Gasteiger partial charge < -0.3 is 15.4 Å². The van der Waals surface area contributed by atoms with Crippen molar-refractivity contribution in [2.24, 2.45) is 5.73 Å². The molecule has 4 nitrogen and oxygen atoms in total. The number of hydrogen-bond acceptors (Lipinski definition) is 4. The monoisotopic (exact) mass is 213 g/mol. The van der Waals surface area contributed by atoms with E-state index in [0.717, 1.165) is 10.5 Å². The Morgan fingerprint density at radius 1 is 1.43 bits per heavy atom. The third kappa shape index (κ3) is 3.02. The summed E-state index contributed by atoms with van der Waals surface area (Å²) in [5, 5.41) is 8.57. The normalized spacial score (nSPS) is 12.4. The van der Waals surface area contributed by atoms with Crippen LogP contribution in [0.1, 0.15) is 5.56 Å². The zero-order valence-electron chi connectivity index (χ0n) is 7.38. The lowest BCUT2D eigenvalue weighted by atomic mass is 10.1. The molecule has 0 aliphatic carbocycles. The molecule has 0 aliphatic rings. The minimum atomic E-state index is -1.01. The molecule has 1 aromatic rings. The lowest BCUT2D eigenvalue weighted by molar-refractivity contribution is -0.138. The van der Waals surface area contributed by atoms with Crippen LogP contribution >= 0.6 is 12.0 Å². The first kappa shape index (κ1) is 11.0. The number of rotatable bonds is 4. The molecule has 0 saturated heterocycles. The summed E-state index contributed by atoms with van der Waals surface area (Å²) in [6.07, 6.45) is 0.297. The molecule has 0 amide bonds. The predicted octanol–water partition coefficient (Wildman–Crippen LogP) is 1.21. The van der Waals surface area contributed by atoms with E-state index in [0.29, 0.717) is 18.5 Å². The third-order valence-corrected chi connectivity index (χ3v) is 2.28. The minimum Gasteiger partial charge on any atom is -0.480 e. The van der Waals surface area contributed by atoms with E-state index in [1.54, 1.807) is 24.3 Å². The van der Waals surface area contributed by atoms with Crippen molar-refractivity contribution in [3.05, 3.63) is 29.8 Å². The van der Waals surface area contributed by atoms with Crippen LogP contribution in [-0.4, -0.2) is 21.7 Å². The van der Waals surface area contributed by atoms with Crippen molar-refractivity contribution in [3.8, 4) is 0 Å². The topological polar surface area (TPSA) is 83.5 Å². The average molecular weight is 213 g/mol. The highest BCUT2D eigenvalue weighted by Gasteiger charge is 2.11. The summed E-state index contributed by atoms with van der Waals surface area (Å²) in [6.45, 7) is 0. The van der Waals surface area contributed by atoms with Crippen LogP contribution in [0.2, 0.25) is 0 Å². The fourth-order valence-corrected chi connectivity index (χ4v) is 1.29. The van der Waals surface area contributed by atoms with Crippen molar-refractivity contribution in [3.63, 3.8) is 0 Å². The fourth-order valence-electron chi connectivity index (χ4n) is 1.03. The Kier molecular flexibility index (Phi) is 3.94. The zero-order chi connectivity index (χ0) is 10.6. The number of hydrogen-bond donors (Lipinski definition) is 3. The Morgan fingerprint density at radius 2 is 2.00 bits per heavy atom. The molecule has 0 saturated carbocycles. The predicted molar refractivity (Wildman–Crippen MR) is 54.2 cm³/mol. The summed E-state index contributed by atoms with van der Waals surface area (Å²) in [6, 6.07) is 6.06. The van der Waals surface area contributed by atoms with Gasteiger partial charge in [-0.3, -0.25) is 4.79 Å². The molecule has 0 fully saturated rings. The maximum absolute atomic E-state index is 10.5. The van der Waals surface area contributed by atoms with Gasteiger partial charge in [0.1, 0.15) is 6.04 Å². The van der Waals surface area contributed by atoms with Gasteiger partial charge in [-0.15, -0.1) is 0 Å². The Labute approximate surface area is 85.9 Å². The second kappa shape index (κ2) is 4.99. The van der Waals surface area contributed by atoms with Gasteiger partial charge in [0, 0.05) is 16.9 Å². The summed E-state index contributed by atoms with van der Waals surface area (Å²) in [5.74, 6) is -1.01. The lowest BCUT2D eigenvalue weighted by Crippen LogP contribution is -2.32. The first-order valence-electron chi connectivity index (χ1n) is 4.02. The van der Waals surface area contributed by atoms with Crippen LogP contribution in [0.5, 0.6) is 0 Å². The molecule has 1 unspecified atom stereocenters. The second-order valence-corrected chi connectivity index (χ2v) is 3.54. The largest absolute Gasteiger partial charge is 0.480 e. The van der Waals surface area contributed by atoms with Crippen LogP contribution in [0.25, 0.3) is 0 Å². The molecule has 1 rings (SSSR count). The van der Waals surface area contributed by atoms with Crippen molar-refractivity contribution >= 4 is 18.0 Å². The maximum Gasteiger partial charge on any atom is 0.320 e. The highest BCUT2D eigenvalue weighted by molar-refractivity contribution is 7.93. The molecule has 0 bridgehead atoms. The van der Waals surface area contributed by atoms with E-state index in [1.807, 2.05) is 0 Å². The van der Waals surface area contributed by atoms with Crippen molar-refractivity contribution in [1.29, 1.82) is 0 Å². The molecule has 1 atom stereocenters. The average Bonchev–Trinajstić information content (AvgIpc) is 2.19. The van der Waals surface area contributed by atoms with Crippen LogP contribution < -0.4 is 5.73 Å². The molecule has 5 heteroatoms. The first-order chi connectivity index (χ1) is 6.63. The lowest BCUT2D eigenvalue weighted by Gasteiger charge is -2.06. The van der Waals surface area contributed by atoms with Gasteiger partial charge in [0.2, 0.25) is 0 Å². The quantitative estimate of drug-likeness (QED) is 0.655. The Morgan fingerprint density at radius 3 is 2.43 bits per heavy atom. The standard InChI is InChI=1S/C9H11NO3S/c10-8(9(11)12)5-6-1-3-7(14-13)4-2-6/h1-4,8,13H,5,10H2,(H,11,12). The van der Waals surface area contributed by atoms with Gasteiger partial charge in [0.15, 0.2) is 0 Å². The fraction of sp³-hybridized carbons (Fsp3) is 0.222. The zero-order valence-corrected chi connectivity index (χ0v) is 8.20. The van der Waals surface area contributed by atoms with Crippen LogP contribution in [0.15, 0.2) is 29.2 Å². The summed E-state index contributed by atoms with van der Waals surface area (Å²) >= 11 is 0.655. The van der Waals surface area contributed by atoms with E-state index in [9.17, 15) is 4.79 Å². The SMILES string of the molecule is NC(Cc1ccc(SO)cc1)C(=O)O. The number of benzene rings is 1. The molecule has 14 heavy (non-hydrogen) atoms. The van der Waals surface area contributed by atoms with E-state index >= 15 is 0 Å². The molecule has 0 aromatic heterocycles. The summed E-state index contributed by atoms with van der Waals surface area (Å²) in [5.41, 5.74) is 6.21. The Hall–Kier alpha value is -1.04. The number of nitrogens with two attached hydrogens (primary N) is 1. The molecule has 4 N–H and O–H groups in total. The van der Waals surface area contributed by atoms with Gasteiger partial charge >= 0.3 is 5.97 Å². The van der Waals surface area contributed by atoms with E-state index in [2.05, 4.69) is 0 Å². The maximum atomic E-state index is 10.5. The van der Waals surface area contributed by atoms with Crippen LogP contribution in [0.4, 0.5) is 0 Å². The second-order valence-electron chi connectivity index (χ2n) is 2.88. The van der Waals surface area contributed by atoms with Crippen molar-refractivity contribution in [2.45, 2.75) is 17.4 Å². The third-order valence-electron chi connectivity index (χ3n) is 1.80. The smallest absolute Gasteiger partial charge is 0.320 e. The molecule has 0 aliphatic heterocycles. The molecule has 0 spiro atoms. The molecule has 0 radical (unpaired) electrons. The van der Waals surface area contributed by atoms with Gasteiger partial charge in [-0.25, -0.2) is 0 Å². The van der Waals surface area contributed by atoms with Crippen molar-refractivity contribution in [2.75, 3.05) is 0 Å². The van der Waals surface area contributed by atoms with Gasteiger partial charge in [0.25, 0.3) is 0 Å². The van der Waals surface area contributed by atoms with E-state index in [-0.39, 0.29) is 0 Å². The van der Waals surface area contributed by atoms with Gasteiger partial charge in [-0.05, 0) is 24.1 Å². The van der Waals surface area contributed by atoms with E-state index < -0.39 is 12.0 Å². The minimum absolute atomic E-state index is 0.297. The number of aliphatic carboxylic acids is 1. The summed E-state index contributed by atoms with van der Waals surface area (Å²) in [4.78, 5) is 11.2. The first-order valence-corrected chi connectivity index (χ1v) is 4.79. The summed E-state index contributed by atoms with van der Waals surface area (Å²) < 4.78 is 8.70. The Balaban J connectivity index is 2.64. The van der Waals surface area contributed by atoms with Crippen molar-refractivity contribution in [1.82, 2.24) is 0 Å². The van der Waals surface area contributed by atoms with Crippen LogP contribution in [0.3, 0.4) is 0 Å². The molecule has 76 valence electrons. The summed E-state index contributed by atoms with van der Waals surface area (Å²) in [7, 11) is 0. The number of carboxylic acid groups (broad SMARTS) is 1. The Bertz CT molecular complexity index is 312.